The summed E-state index contributed by atoms with van der Waals surface area (Å²) in [6.07, 6.45) is 1.11. The van der Waals surface area contributed by atoms with E-state index in [-0.39, 0.29) is 0 Å². The topological polar surface area (TPSA) is 38.0 Å². The molecule has 1 heterocycles. The zero-order chi connectivity index (χ0) is 9.97. The Balaban J connectivity index is 2.35. The molecule has 0 saturated heterocycles. The van der Waals surface area contributed by atoms with E-state index in [1.54, 1.807) is 0 Å². The number of benzene rings is 1. The molecule has 0 amide bonds. The highest BCUT2D eigenvalue weighted by molar-refractivity contribution is 5.36. The Labute approximate surface area is 85.5 Å². The number of rotatable bonds is 2. The molecular weight excluding hydrogens is 172 g/mol. The van der Waals surface area contributed by atoms with Gasteiger partial charge >= 0.3 is 0 Å². The lowest BCUT2D eigenvalue weighted by molar-refractivity contribution is 0.547. The van der Waals surface area contributed by atoms with Crippen molar-refractivity contribution in [1.82, 2.24) is 5.32 Å². The van der Waals surface area contributed by atoms with Crippen molar-refractivity contribution in [2.75, 3.05) is 13.1 Å². The normalized spacial score (nSPS) is 20.6. The van der Waals surface area contributed by atoms with Crippen LogP contribution in [-0.2, 0) is 13.0 Å². The minimum Gasteiger partial charge on any atom is -0.330 e. The maximum absolute atomic E-state index is 5.75. The highest BCUT2D eigenvalue weighted by atomic mass is 14.9. The summed E-state index contributed by atoms with van der Waals surface area (Å²) in [5.41, 5.74) is 10.1. The summed E-state index contributed by atoms with van der Waals surface area (Å²) in [7, 11) is 0. The third-order valence-corrected chi connectivity index (χ3v) is 3.05. The molecule has 2 heteroatoms. The molecule has 0 aromatic heterocycles. The van der Waals surface area contributed by atoms with Gasteiger partial charge in [0.25, 0.3) is 0 Å². The molecule has 1 aromatic carbocycles. The van der Waals surface area contributed by atoms with Crippen molar-refractivity contribution in [3.8, 4) is 0 Å². The molecule has 0 radical (unpaired) electrons. The van der Waals surface area contributed by atoms with E-state index in [0.29, 0.717) is 5.92 Å². The molecule has 3 N–H and O–H groups in total. The lowest BCUT2D eigenvalue weighted by Crippen LogP contribution is -2.32. The average Bonchev–Trinajstić information content (AvgIpc) is 2.27. The Morgan fingerprint density at radius 3 is 3.07 bits per heavy atom. The Morgan fingerprint density at radius 2 is 2.36 bits per heavy atom. The van der Waals surface area contributed by atoms with Gasteiger partial charge in [0.15, 0.2) is 0 Å². The van der Waals surface area contributed by atoms with Crippen molar-refractivity contribution in [3.63, 3.8) is 0 Å². The van der Waals surface area contributed by atoms with Crippen LogP contribution in [0.3, 0.4) is 0 Å². The monoisotopic (exact) mass is 190 g/mol. The average molecular weight is 190 g/mol. The van der Waals surface area contributed by atoms with Crippen LogP contribution >= 0.6 is 0 Å². The van der Waals surface area contributed by atoms with E-state index >= 15 is 0 Å². The molecular formula is C12H18N2. The Kier molecular flexibility index (Phi) is 2.85. The van der Waals surface area contributed by atoms with Gasteiger partial charge < -0.3 is 11.1 Å². The van der Waals surface area contributed by atoms with Crippen LogP contribution in [0, 0.1) is 0 Å². The summed E-state index contributed by atoms with van der Waals surface area (Å²) in [4.78, 5) is 0. The summed E-state index contributed by atoms with van der Waals surface area (Å²) >= 11 is 0. The highest BCUT2D eigenvalue weighted by Gasteiger charge is 2.18. The van der Waals surface area contributed by atoms with E-state index < -0.39 is 0 Å². The largest absolute Gasteiger partial charge is 0.330 e. The summed E-state index contributed by atoms with van der Waals surface area (Å²) in [6.45, 7) is 4.96. The smallest absolute Gasteiger partial charge is 0.0208 e. The van der Waals surface area contributed by atoms with Gasteiger partial charge in [-0.2, -0.15) is 0 Å². The van der Waals surface area contributed by atoms with Gasteiger partial charge in [-0.15, -0.1) is 0 Å². The zero-order valence-corrected chi connectivity index (χ0v) is 8.72. The van der Waals surface area contributed by atoms with Crippen LogP contribution in [0.5, 0.6) is 0 Å². The molecule has 1 aliphatic rings. The van der Waals surface area contributed by atoms with Crippen molar-refractivity contribution in [2.24, 2.45) is 5.73 Å². The van der Waals surface area contributed by atoms with Crippen LogP contribution in [0.25, 0.3) is 0 Å². The minimum absolute atomic E-state index is 0.504. The predicted molar refractivity (Wildman–Crippen MR) is 59.3 cm³/mol. The molecule has 0 bridgehead atoms. The number of nitrogens with one attached hydrogen (secondary N) is 1. The van der Waals surface area contributed by atoms with Crippen molar-refractivity contribution < 1.29 is 0 Å². The fourth-order valence-corrected chi connectivity index (χ4v) is 2.13. The van der Waals surface area contributed by atoms with Crippen LogP contribution in [0.4, 0.5) is 0 Å². The first-order valence-electron chi connectivity index (χ1n) is 5.37. The van der Waals surface area contributed by atoms with Gasteiger partial charge in [-0.1, -0.05) is 25.1 Å². The first-order valence-corrected chi connectivity index (χ1v) is 5.37. The molecule has 2 nitrogen and oxygen atoms in total. The molecule has 0 saturated carbocycles. The summed E-state index contributed by atoms with van der Waals surface area (Å²) in [5, 5.41) is 3.41. The van der Waals surface area contributed by atoms with Gasteiger partial charge in [-0.05, 0) is 23.1 Å². The van der Waals surface area contributed by atoms with E-state index in [1.807, 2.05) is 0 Å². The molecule has 0 spiro atoms. The number of nitrogens with two attached hydrogens (primary N) is 1. The predicted octanol–water partition coefficient (Wildman–Crippen LogP) is 1.39. The van der Waals surface area contributed by atoms with Gasteiger partial charge in [-0.3, -0.25) is 0 Å². The molecule has 76 valence electrons. The van der Waals surface area contributed by atoms with Gasteiger partial charge in [0, 0.05) is 25.6 Å². The van der Waals surface area contributed by atoms with E-state index in [2.05, 4.69) is 30.4 Å². The fourth-order valence-electron chi connectivity index (χ4n) is 2.13. The molecule has 1 atom stereocenters. The van der Waals surface area contributed by atoms with Crippen LogP contribution < -0.4 is 11.1 Å². The standard InChI is InChI=1S/C12H18N2/c1-2-9-3-4-12-10(5-9)7-14-8-11(12)6-13/h3-5,11,14H,2,6-8,13H2,1H3. The van der Waals surface area contributed by atoms with E-state index in [0.717, 1.165) is 26.1 Å². The Morgan fingerprint density at radius 1 is 1.50 bits per heavy atom. The molecule has 2 rings (SSSR count). The van der Waals surface area contributed by atoms with Gasteiger partial charge in [0.05, 0.1) is 0 Å². The molecule has 0 aliphatic carbocycles. The lowest BCUT2D eigenvalue weighted by atomic mass is 9.89. The molecule has 1 unspecified atom stereocenters. The van der Waals surface area contributed by atoms with E-state index in [9.17, 15) is 0 Å². The fraction of sp³-hybridized carbons (Fsp3) is 0.500. The second-order valence-corrected chi connectivity index (χ2v) is 3.95. The van der Waals surface area contributed by atoms with Crippen molar-refractivity contribution in [3.05, 3.63) is 34.9 Å². The third-order valence-electron chi connectivity index (χ3n) is 3.05. The van der Waals surface area contributed by atoms with Gasteiger partial charge in [0.2, 0.25) is 0 Å². The summed E-state index contributed by atoms with van der Waals surface area (Å²) in [6, 6.07) is 6.80. The van der Waals surface area contributed by atoms with Gasteiger partial charge in [0.1, 0.15) is 0 Å². The van der Waals surface area contributed by atoms with Crippen molar-refractivity contribution >= 4 is 0 Å². The second kappa shape index (κ2) is 4.11. The highest BCUT2D eigenvalue weighted by Crippen LogP contribution is 2.24. The van der Waals surface area contributed by atoms with Crippen LogP contribution in [0.2, 0.25) is 0 Å². The maximum atomic E-state index is 5.75. The molecule has 14 heavy (non-hydrogen) atoms. The Hall–Kier alpha value is -0.860. The van der Waals surface area contributed by atoms with E-state index in [4.69, 9.17) is 5.73 Å². The van der Waals surface area contributed by atoms with E-state index in [1.165, 1.54) is 16.7 Å². The SMILES string of the molecule is CCc1ccc2c(c1)CNCC2CN. The number of fused-ring (bicyclic) bond motifs is 1. The quantitative estimate of drug-likeness (QED) is 0.739. The lowest BCUT2D eigenvalue weighted by Gasteiger charge is -2.25. The van der Waals surface area contributed by atoms with Crippen molar-refractivity contribution in [2.45, 2.75) is 25.8 Å². The molecule has 0 fully saturated rings. The first-order chi connectivity index (χ1) is 6.85. The van der Waals surface area contributed by atoms with Crippen molar-refractivity contribution in [1.29, 1.82) is 0 Å². The summed E-state index contributed by atoms with van der Waals surface area (Å²) < 4.78 is 0. The zero-order valence-electron chi connectivity index (χ0n) is 8.72. The number of hydrogen-bond acceptors (Lipinski definition) is 2. The van der Waals surface area contributed by atoms with Gasteiger partial charge in [-0.25, -0.2) is 0 Å². The van der Waals surface area contributed by atoms with Crippen LogP contribution in [-0.4, -0.2) is 13.1 Å². The van der Waals surface area contributed by atoms with Crippen LogP contribution in [0.1, 0.15) is 29.5 Å². The number of hydrogen-bond donors (Lipinski definition) is 2. The molecule has 1 aromatic rings. The Bertz CT molecular complexity index is 320. The summed E-state index contributed by atoms with van der Waals surface area (Å²) in [5.74, 6) is 0.504. The third kappa shape index (κ3) is 1.68. The van der Waals surface area contributed by atoms with Crippen LogP contribution in [0.15, 0.2) is 18.2 Å². The molecule has 1 aliphatic heterocycles. The second-order valence-electron chi connectivity index (χ2n) is 3.95. The number of aryl methyl sites for hydroxylation is 1. The first kappa shape index (κ1) is 9.69. The minimum atomic E-state index is 0.504. The maximum Gasteiger partial charge on any atom is 0.0208 e.